The van der Waals surface area contributed by atoms with Crippen LogP contribution in [0, 0.1) is 5.92 Å². The van der Waals surface area contributed by atoms with Crippen molar-refractivity contribution in [1.29, 1.82) is 0 Å². The molecule has 7 heteroatoms. The number of carboxylic acids is 1. The Labute approximate surface area is 121 Å². The number of carbonyl (C=O) groups is 2. The van der Waals surface area contributed by atoms with Gasteiger partial charge in [-0.2, -0.15) is 0 Å². The van der Waals surface area contributed by atoms with Crippen LogP contribution in [0.3, 0.4) is 0 Å². The number of ether oxygens (including phenoxy) is 1. The normalized spacial score (nSPS) is 20.1. The minimum Gasteiger partial charge on any atom is -0.479 e. The largest absolute Gasteiger partial charge is 0.479 e. The van der Waals surface area contributed by atoms with Gasteiger partial charge in [0.2, 0.25) is 0 Å². The van der Waals surface area contributed by atoms with E-state index in [1.165, 1.54) is 11.3 Å². The predicted octanol–water partition coefficient (Wildman–Crippen LogP) is 1.60. The van der Waals surface area contributed by atoms with Gasteiger partial charge in [0.1, 0.15) is 0 Å². The SMILES string of the molecule is O=C(NCC1CCCOC1)NC(C(=O)O)c1cccs1. The smallest absolute Gasteiger partial charge is 0.331 e. The lowest BCUT2D eigenvalue weighted by Gasteiger charge is -2.22. The van der Waals surface area contributed by atoms with E-state index in [9.17, 15) is 9.59 Å². The van der Waals surface area contributed by atoms with Crippen molar-refractivity contribution in [2.24, 2.45) is 5.92 Å². The molecule has 110 valence electrons. The first-order chi connectivity index (χ1) is 9.66. The fraction of sp³-hybridized carbons (Fsp3) is 0.538. The van der Waals surface area contributed by atoms with Gasteiger partial charge >= 0.3 is 12.0 Å². The molecule has 0 spiro atoms. The summed E-state index contributed by atoms with van der Waals surface area (Å²) in [5.41, 5.74) is 0. The summed E-state index contributed by atoms with van der Waals surface area (Å²) in [5.74, 6) is -0.761. The first kappa shape index (κ1) is 14.8. The van der Waals surface area contributed by atoms with Crippen LogP contribution in [-0.2, 0) is 9.53 Å². The van der Waals surface area contributed by atoms with Crippen molar-refractivity contribution in [3.05, 3.63) is 22.4 Å². The molecule has 1 aliphatic rings. The van der Waals surface area contributed by atoms with Gasteiger partial charge in [-0.3, -0.25) is 0 Å². The van der Waals surface area contributed by atoms with Crippen LogP contribution in [0.1, 0.15) is 23.8 Å². The van der Waals surface area contributed by atoms with Gasteiger partial charge in [0.05, 0.1) is 6.61 Å². The van der Waals surface area contributed by atoms with E-state index in [1.54, 1.807) is 17.5 Å². The molecule has 3 N–H and O–H groups in total. The van der Waals surface area contributed by atoms with Crippen molar-refractivity contribution >= 4 is 23.3 Å². The van der Waals surface area contributed by atoms with Crippen molar-refractivity contribution in [2.75, 3.05) is 19.8 Å². The second-order valence-electron chi connectivity index (χ2n) is 4.72. The molecule has 0 aromatic carbocycles. The van der Waals surface area contributed by atoms with Crippen LogP contribution in [-0.4, -0.2) is 36.9 Å². The fourth-order valence-electron chi connectivity index (χ4n) is 2.10. The Balaban J connectivity index is 1.81. The van der Waals surface area contributed by atoms with Gasteiger partial charge in [-0.05, 0) is 30.2 Å². The molecule has 2 unspecified atom stereocenters. The number of hydrogen-bond acceptors (Lipinski definition) is 4. The number of urea groups is 1. The van der Waals surface area contributed by atoms with E-state index >= 15 is 0 Å². The number of carbonyl (C=O) groups excluding carboxylic acids is 1. The third kappa shape index (κ3) is 4.21. The summed E-state index contributed by atoms with van der Waals surface area (Å²) in [6, 6.07) is 1.99. The Morgan fingerprint density at radius 3 is 3.00 bits per heavy atom. The Hall–Kier alpha value is -1.60. The third-order valence-corrected chi connectivity index (χ3v) is 4.09. The van der Waals surface area contributed by atoms with Gasteiger partial charge in [-0.15, -0.1) is 11.3 Å². The first-order valence-corrected chi connectivity index (χ1v) is 7.43. The molecule has 0 saturated carbocycles. The molecule has 2 amide bonds. The molecule has 2 rings (SSSR count). The average Bonchev–Trinajstić information content (AvgIpc) is 2.97. The molecule has 1 aromatic heterocycles. The zero-order valence-corrected chi connectivity index (χ0v) is 11.8. The highest BCUT2D eigenvalue weighted by atomic mass is 32.1. The summed E-state index contributed by atoms with van der Waals surface area (Å²) in [6.45, 7) is 1.93. The van der Waals surface area contributed by atoms with E-state index in [0.29, 0.717) is 23.9 Å². The molecule has 1 aliphatic heterocycles. The molecule has 1 saturated heterocycles. The minimum absolute atomic E-state index is 0.305. The number of thiophene rings is 1. The molecule has 20 heavy (non-hydrogen) atoms. The van der Waals surface area contributed by atoms with E-state index in [2.05, 4.69) is 10.6 Å². The van der Waals surface area contributed by atoms with Crippen molar-refractivity contribution in [2.45, 2.75) is 18.9 Å². The number of aliphatic carboxylic acids is 1. The third-order valence-electron chi connectivity index (χ3n) is 3.16. The van der Waals surface area contributed by atoms with E-state index in [0.717, 1.165) is 19.4 Å². The van der Waals surface area contributed by atoms with Crippen LogP contribution in [0.25, 0.3) is 0 Å². The second-order valence-corrected chi connectivity index (χ2v) is 5.70. The van der Waals surface area contributed by atoms with Gasteiger partial charge in [0.25, 0.3) is 0 Å². The summed E-state index contributed by atoms with van der Waals surface area (Å²) >= 11 is 1.30. The molecule has 0 aliphatic carbocycles. The minimum atomic E-state index is -1.07. The highest BCUT2D eigenvalue weighted by molar-refractivity contribution is 7.10. The molecule has 0 bridgehead atoms. The predicted molar refractivity (Wildman–Crippen MR) is 74.8 cm³/mol. The molecule has 2 atom stereocenters. The standard InChI is InChI=1S/C13H18N2O4S/c16-12(17)11(10-4-2-6-20-10)15-13(18)14-7-9-3-1-5-19-8-9/h2,4,6,9,11H,1,3,5,7-8H2,(H,16,17)(H2,14,15,18). The highest BCUT2D eigenvalue weighted by Crippen LogP contribution is 2.19. The fourth-order valence-corrected chi connectivity index (χ4v) is 2.86. The van der Waals surface area contributed by atoms with Gasteiger partial charge in [-0.1, -0.05) is 6.07 Å². The lowest BCUT2D eigenvalue weighted by molar-refractivity contribution is -0.139. The highest BCUT2D eigenvalue weighted by Gasteiger charge is 2.23. The number of carboxylic acid groups (broad SMARTS) is 1. The van der Waals surface area contributed by atoms with Gasteiger partial charge in [-0.25, -0.2) is 9.59 Å². The lowest BCUT2D eigenvalue weighted by Crippen LogP contribution is -2.43. The van der Waals surface area contributed by atoms with Crippen molar-refractivity contribution in [1.82, 2.24) is 10.6 Å². The maximum Gasteiger partial charge on any atom is 0.331 e. The first-order valence-electron chi connectivity index (χ1n) is 6.55. The average molecular weight is 298 g/mol. The van der Waals surface area contributed by atoms with E-state index in [1.807, 2.05) is 0 Å². The molecular formula is C13H18N2O4S. The molecular weight excluding hydrogens is 280 g/mol. The summed E-state index contributed by atoms with van der Waals surface area (Å²) in [4.78, 5) is 23.6. The van der Waals surface area contributed by atoms with Crippen LogP contribution >= 0.6 is 11.3 Å². The topological polar surface area (TPSA) is 87.7 Å². The molecule has 0 radical (unpaired) electrons. The van der Waals surface area contributed by atoms with Gasteiger partial charge in [0.15, 0.2) is 6.04 Å². The summed E-state index contributed by atoms with van der Waals surface area (Å²) in [6.07, 6.45) is 2.02. The summed E-state index contributed by atoms with van der Waals surface area (Å²) in [5, 5.41) is 16.1. The monoisotopic (exact) mass is 298 g/mol. The van der Waals surface area contributed by atoms with E-state index in [4.69, 9.17) is 9.84 Å². The Morgan fingerprint density at radius 1 is 1.55 bits per heavy atom. The van der Waals surface area contributed by atoms with Crippen LogP contribution in [0.15, 0.2) is 17.5 Å². The van der Waals surface area contributed by atoms with Crippen LogP contribution in [0.4, 0.5) is 4.79 Å². The van der Waals surface area contributed by atoms with Gasteiger partial charge < -0.3 is 20.5 Å². The molecule has 2 heterocycles. The zero-order chi connectivity index (χ0) is 14.4. The maximum atomic E-state index is 11.8. The Bertz CT molecular complexity index is 443. The Kier molecular flexibility index (Phi) is 5.37. The van der Waals surface area contributed by atoms with Crippen LogP contribution in [0.5, 0.6) is 0 Å². The van der Waals surface area contributed by atoms with Crippen molar-refractivity contribution < 1.29 is 19.4 Å². The van der Waals surface area contributed by atoms with Gasteiger partial charge in [0, 0.05) is 18.0 Å². The number of rotatable bonds is 5. The maximum absolute atomic E-state index is 11.8. The van der Waals surface area contributed by atoms with E-state index < -0.39 is 18.0 Å². The molecule has 1 fully saturated rings. The number of nitrogens with one attached hydrogen (secondary N) is 2. The summed E-state index contributed by atoms with van der Waals surface area (Å²) in [7, 11) is 0. The molecule has 6 nitrogen and oxygen atoms in total. The zero-order valence-electron chi connectivity index (χ0n) is 11.0. The summed E-state index contributed by atoms with van der Waals surface area (Å²) < 4.78 is 5.33. The number of amides is 2. The van der Waals surface area contributed by atoms with Crippen molar-refractivity contribution in [3.63, 3.8) is 0 Å². The van der Waals surface area contributed by atoms with Crippen molar-refractivity contribution in [3.8, 4) is 0 Å². The van der Waals surface area contributed by atoms with Crippen LogP contribution in [0.2, 0.25) is 0 Å². The van der Waals surface area contributed by atoms with E-state index in [-0.39, 0.29) is 0 Å². The van der Waals surface area contributed by atoms with Crippen LogP contribution < -0.4 is 10.6 Å². The number of hydrogen-bond donors (Lipinski definition) is 3. The Morgan fingerprint density at radius 2 is 2.40 bits per heavy atom. The lowest BCUT2D eigenvalue weighted by atomic mass is 10.0. The molecule has 1 aromatic rings. The quantitative estimate of drug-likeness (QED) is 0.770. The second kappa shape index (κ2) is 7.25.